The normalized spacial score (nSPS) is 12.1. The minimum atomic E-state index is -1.11. The molecule has 16 heavy (non-hydrogen) atoms. The van der Waals surface area contributed by atoms with Crippen LogP contribution in [0.15, 0.2) is 16.7 Å². The summed E-state index contributed by atoms with van der Waals surface area (Å²) >= 11 is 0. The minimum Gasteiger partial charge on any atom is -0.478 e. The third-order valence-corrected chi connectivity index (χ3v) is 2.17. The number of nitrogens with one attached hydrogen (secondary N) is 1. The summed E-state index contributed by atoms with van der Waals surface area (Å²) in [5, 5.41) is 11.4. The van der Waals surface area contributed by atoms with Gasteiger partial charge in [-0.3, -0.25) is 4.79 Å². The van der Waals surface area contributed by atoms with Crippen LogP contribution in [0.1, 0.15) is 47.6 Å². The van der Waals surface area contributed by atoms with Gasteiger partial charge in [-0.15, -0.1) is 0 Å². The lowest BCUT2D eigenvalue weighted by atomic mass is 10.2. The topological polar surface area (TPSA) is 79.5 Å². The molecule has 2 N–H and O–H groups in total. The molecule has 0 fully saturated rings. The highest BCUT2D eigenvalue weighted by Gasteiger charge is 2.15. The summed E-state index contributed by atoms with van der Waals surface area (Å²) in [6.45, 7) is 3.92. The summed E-state index contributed by atoms with van der Waals surface area (Å²) in [5.74, 6) is -1.46. The average Bonchev–Trinajstić information content (AvgIpc) is 2.66. The fraction of sp³-hybridized carbons (Fsp3) is 0.455. The zero-order valence-corrected chi connectivity index (χ0v) is 9.32. The third kappa shape index (κ3) is 3.12. The molecule has 1 aromatic heterocycles. The molecule has 0 bridgehead atoms. The number of furan rings is 1. The van der Waals surface area contributed by atoms with Crippen molar-refractivity contribution >= 4 is 11.9 Å². The number of rotatable bonds is 5. The number of aromatic carboxylic acids is 1. The van der Waals surface area contributed by atoms with Crippen LogP contribution in [-0.2, 0) is 0 Å². The number of carboxylic acids is 1. The smallest absolute Gasteiger partial charge is 0.338 e. The molecule has 0 spiro atoms. The molecule has 88 valence electrons. The maximum atomic E-state index is 11.6. The standard InChI is InChI=1S/C11H15NO4/c1-3-4-7(2)12-10(13)9-5-8(6-16-9)11(14)15/h5-7H,3-4H2,1-2H3,(H,12,13)(H,14,15). The molecule has 0 aliphatic rings. The third-order valence-electron chi connectivity index (χ3n) is 2.17. The molecule has 0 saturated heterocycles. The Kier molecular flexibility index (Phi) is 4.10. The van der Waals surface area contributed by atoms with Crippen molar-refractivity contribution in [2.75, 3.05) is 0 Å². The Labute approximate surface area is 93.4 Å². The molecule has 0 aromatic carbocycles. The van der Waals surface area contributed by atoms with Crippen LogP contribution in [0.5, 0.6) is 0 Å². The van der Waals surface area contributed by atoms with E-state index in [1.165, 1.54) is 6.07 Å². The molecule has 1 atom stereocenters. The van der Waals surface area contributed by atoms with Gasteiger partial charge in [-0.25, -0.2) is 4.79 Å². The van der Waals surface area contributed by atoms with Crippen LogP contribution in [0.25, 0.3) is 0 Å². The second-order valence-corrected chi connectivity index (χ2v) is 3.67. The quantitative estimate of drug-likeness (QED) is 0.802. The van der Waals surface area contributed by atoms with E-state index in [1.807, 2.05) is 13.8 Å². The molecule has 0 saturated carbocycles. The largest absolute Gasteiger partial charge is 0.478 e. The van der Waals surface area contributed by atoms with Crippen molar-refractivity contribution in [2.45, 2.75) is 32.7 Å². The van der Waals surface area contributed by atoms with E-state index in [2.05, 4.69) is 5.32 Å². The van der Waals surface area contributed by atoms with Crippen LogP contribution < -0.4 is 5.32 Å². The second-order valence-electron chi connectivity index (χ2n) is 3.67. The first-order valence-corrected chi connectivity index (χ1v) is 5.17. The van der Waals surface area contributed by atoms with Crippen molar-refractivity contribution in [1.29, 1.82) is 0 Å². The monoisotopic (exact) mass is 225 g/mol. The molecular formula is C11H15NO4. The van der Waals surface area contributed by atoms with E-state index in [0.29, 0.717) is 0 Å². The van der Waals surface area contributed by atoms with E-state index in [0.717, 1.165) is 19.1 Å². The van der Waals surface area contributed by atoms with Crippen molar-refractivity contribution in [3.63, 3.8) is 0 Å². The summed E-state index contributed by atoms with van der Waals surface area (Å²) < 4.78 is 4.87. The van der Waals surface area contributed by atoms with Gasteiger partial charge in [-0.1, -0.05) is 13.3 Å². The van der Waals surface area contributed by atoms with E-state index < -0.39 is 5.97 Å². The highest BCUT2D eigenvalue weighted by Crippen LogP contribution is 2.08. The summed E-state index contributed by atoms with van der Waals surface area (Å²) in [4.78, 5) is 22.1. The Hall–Kier alpha value is -1.78. The predicted octanol–water partition coefficient (Wildman–Crippen LogP) is 1.90. The molecule has 1 unspecified atom stereocenters. The lowest BCUT2D eigenvalue weighted by Crippen LogP contribution is -2.32. The molecule has 0 aliphatic carbocycles. The molecule has 1 rings (SSSR count). The van der Waals surface area contributed by atoms with E-state index in [4.69, 9.17) is 9.52 Å². The van der Waals surface area contributed by atoms with Crippen LogP contribution in [0.4, 0.5) is 0 Å². The highest BCUT2D eigenvalue weighted by atomic mass is 16.4. The molecule has 1 heterocycles. The first-order valence-electron chi connectivity index (χ1n) is 5.17. The highest BCUT2D eigenvalue weighted by molar-refractivity contribution is 5.95. The van der Waals surface area contributed by atoms with Gasteiger partial charge in [0.1, 0.15) is 6.26 Å². The van der Waals surface area contributed by atoms with Gasteiger partial charge in [0.15, 0.2) is 5.76 Å². The molecular weight excluding hydrogens is 210 g/mol. The Morgan fingerprint density at radius 1 is 1.56 bits per heavy atom. The minimum absolute atomic E-state index is 0.0201. The van der Waals surface area contributed by atoms with E-state index >= 15 is 0 Å². The molecule has 1 aromatic rings. The van der Waals surface area contributed by atoms with Crippen molar-refractivity contribution in [3.05, 3.63) is 23.7 Å². The molecule has 1 amide bonds. The van der Waals surface area contributed by atoms with Gasteiger partial charge in [0, 0.05) is 12.1 Å². The SMILES string of the molecule is CCCC(C)NC(=O)c1cc(C(=O)O)co1. The number of amides is 1. The molecule has 5 heteroatoms. The van der Waals surface area contributed by atoms with Gasteiger partial charge in [0.05, 0.1) is 5.56 Å². The van der Waals surface area contributed by atoms with E-state index in [9.17, 15) is 9.59 Å². The Morgan fingerprint density at radius 3 is 2.75 bits per heavy atom. The predicted molar refractivity (Wildman–Crippen MR) is 57.5 cm³/mol. The van der Waals surface area contributed by atoms with Gasteiger partial charge >= 0.3 is 5.97 Å². The number of carboxylic acid groups (broad SMARTS) is 1. The van der Waals surface area contributed by atoms with Crippen molar-refractivity contribution in [2.24, 2.45) is 0 Å². The van der Waals surface area contributed by atoms with Crippen LogP contribution in [0, 0.1) is 0 Å². The van der Waals surface area contributed by atoms with Crippen LogP contribution in [0.2, 0.25) is 0 Å². The lowest BCUT2D eigenvalue weighted by Gasteiger charge is -2.10. The van der Waals surface area contributed by atoms with Crippen molar-refractivity contribution in [3.8, 4) is 0 Å². The zero-order valence-electron chi connectivity index (χ0n) is 9.32. The average molecular weight is 225 g/mol. The van der Waals surface area contributed by atoms with Gasteiger partial charge in [-0.05, 0) is 13.3 Å². The van der Waals surface area contributed by atoms with Gasteiger partial charge < -0.3 is 14.8 Å². The number of carbonyl (C=O) groups excluding carboxylic acids is 1. The summed E-state index contributed by atoms with van der Waals surface area (Å²) in [6.07, 6.45) is 2.90. The van der Waals surface area contributed by atoms with E-state index in [1.54, 1.807) is 0 Å². The van der Waals surface area contributed by atoms with Gasteiger partial charge in [0.25, 0.3) is 5.91 Å². The second kappa shape index (κ2) is 5.34. The first kappa shape index (κ1) is 12.3. The fourth-order valence-corrected chi connectivity index (χ4v) is 1.37. The molecule has 0 radical (unpaired) electrons. The Morgan fingerprint density at radius 2 is 2.25 bits per heavy atom. The van der Waals surface area contributed by atoms with Crippen LogP contribution >= 0.6 is 0 Å². The summed E-state index contributed by atoms with van der Waals surface area (Å²) in [6, 6.07) is 1.27. The van der Waals surface area contributed by atoms with E-state index in [-0.39, 0.29) is 23.3 Å². The van der Waals surface area contributed by atoms with Crippen molar-refractivity contribution in [1.82, 2.24) is 5.32 Å². The summed E-state index contributed by atoms with van der Waals surface area (Å²) in [7, 11) is 0. The van der Waals surface area contributed by atoms with Gasteiger partial charge in [-0.2, -0.15) is 0 Å². The maximum absolute atomic E-state index is 11.6. The van der Waals surface area contributed by atoms with Crippen LogP contribution in [0.3, 0.4) is 0 Å². The lowest BCUT2D eigenvalue weighted by molar-refractivity contribution is 0.0695. The van der Waals surface area contributed by atoms with Gasteiger partial charge in [0.2, 0.25) is 0 Å². The fourth-order valence-electron chi connectivity index (χ4n) is 1.37. The molecule has 5 nitrogen and oxygen atoms in total. The number of hydrogen-bond donors (Lipinski definition) is 2. The Bertz CT molecular complexity index is 383. The maximum Gasteiger partial charge on any atom is 0.338 e. The first-order chi connectivity index (χ1) is 7.54. The summed E-state index contributed by atoms with van der Waals surface area (Å²) in [5.41, 5.74) is -0.0201. The molecule has 0 aliphatic heterocycles. The van der Waals surface area contributed by atoms with Crippen molar-refractivity contribution < 1.29 is 19.1 Å². The zero-order chi connectivity index (χ0) is 12.1. The van der Waals surface area contributed by atoms with Crippen LogP contribution in [-0.4, -0.2) is 23.0 Å². The Balaban J connectivity index is 2.62. The number of carbonyl (C=O) groups is 2. The number of hydrogen-bond acceptors (Lipinski definition) is 3.